The van der Waals surface area contributed by atoms with Crippen molar-refractivity contribution in [1.82, 2.24) is 9.55 Å². The summed E-state index contributed by atoms with van der Waals surface area (Å²) in [4.78, 5) is 4.52. The van der Waals surface area contributed by atoms with Gasteiger partial charge in [0.05, 0.1) is 23.5 Å². The quantitative estimate of drug-likeness (QED) is 0.367. The molecule has 1 aromatic heterocycles. The van der Waals surface area contributed by atoms with E-state index in [0.717, 1.165) is 15.5 Å². The predicted octanol–water partition coefficient (Wildman–Crippen LogP) is 6.79. The minimum Gasteiger partial charge on any atom is -0.434 e. The zero-order valence-corrected chi connectivity index (χ0v) is 17.4. The Morgan fingerprint density at radius 1 is 1.37 bits per heavy atom. The lowest BCUT2D eigenvalue weighted by molar-refractivity contribution is -0.0509. The van der Waals surface area contributed by atoms with Crippen molar-refractivity contribution in [3.63, 3.8) is 0 Å². The molecule has 3 nitrogen and oxygen atoms in total. The number of aromatic nitrogens is 2. The van der Waals surface area contributed by atoms with Gasteiger partial charge in [-0.1, -0.05) is 40.2 Å². The molecule has 3 rings (SSSR count). The van der Waals surface area contributed by atoms with Crippen molar-refractivity contribution in [2.75, 3.05) is 0 Å². The molecule has 0 radical (unpaired) electrons. The third-order valence-corrected chi connectivity index (χ3v) is 5.24. The summed E-state index contributed by atoms with van der Waals surface area (Å²) >= 11 is 15.9. The standard InChI is InChI=1S/C19H15BrCl2F2N2O/c1-3-12-13(18(27-19(23)24)10(2)6-14(12)22)9-26-16-7-11(20)4-5-15(16)25-17(26)8-21/h3-7,19H,1,8-9H2,2H3. The van der Waals surface area contributed by atoms with Crippen molar-refractivity contribution in [3.8, 4) is 5.75 Å². The number of nitrogens with zero attached hydrogens (tertiary/aromatic N) is 2. The average molecular weight is 476 g/mol. The first-order chi connectivity index (χ1) is 12.8. The van der Waals surface area contributed by atoms with Gasteiger partial charge in [0, 0.05) is 20.6 Å². The van der Waals surface area contributed by atoms with Gasteiger partial charge >= 0.3 is 6.61 Å². The van der Waals surface area contributed by atoms with Gasteiger partial charge < -0.3 is 9.30 Å². The Morgan fingerprint density at radius 2 is 2.11 bits per heavy atom. The van der Waals surface area contributed by atoms with Gasteiger partial charge in [0.15, 0.2) is 0 Å². The van der Waals surface area contributed by atoms with Gasteiger partial charge in [-0.15, -0.1) is 11.6 Å². The van der Waals surface area contributed by atoms with Crippen molar-refractivity contribution in [1.29, 1.82) is 0 Å². The van der Waals surface area contributed by atoms with E-state index >= 15 is 0 Å². The van der Waals surface area contributed by atoms with E-state index in [0.29, 0.717) is 27.5 Å². The first-order valence-corrected chi connectivity index (χ1v) is 9.66. The molecule has 2 aromatic carbocycles. The summed E-state index contributed by atoms with van der Waals surface area (Å²) in [6.45, 7) is 2.69. The lowest BCUT2D eigenvalue weighted by Gasteiger charge is -2.19. The lowest BCUT2D eigenvalue weighted by Crippen LogP contribution is -2.11. The number of alkyl halides is 3. The second kappa shape index (κ2) is 8.17. The molecule has 0 saturated carbocycles. The third kappa shape index (κ3) is 3.98. The van der Waals surface area contributed by atoms with E-state index < -0.39 is 6.61 Å². The highest BCUT2D eigenvalue weighted by Crippen LogP contribution is 2.36. The molecular weight excluding hydrogens is 461 g/mol. The van der Waals surface area contributed by atoms with E-state index in [1.807, 2.05) is 22.8 Å². The van der Waals surface area contributed by atoms with Crippen LogP contribution in [0.1, 0.15) is 22.5 Å². The maximum Gasteiger partial charge on any atom is 0.387 e. The van der Waals surface area contributed by atoms with E-state index in [1.54, 1.807) is 13.0 Å². The van der Waals surface area contributed by atoms with Crippen LogP contribution in [0.25, 0.3) is 17.1 Å². The van der Waals surface area contributed by atoms with Crippen LogP contribution in [-0.2, 0) is 12.4 Å². The van der Waals surface area contributed by atoms with Crippen LogP contribution in [0.4, 0.5) is 8.78 Å². The van der Waals surface area contributed by atoms with Crippen LogP contribution in [0.2, 0.25) is 5.02 Å². The average Bonchev–Trinajstić information content (AvgIpc) is 2.95. The fraction of sp³-hybridized carbons (Fsp3) is 0.211. The first-order valence-electron chi connectivity index (χ1n) is 7.95. The summed E-state index contributed by atoms with van der Waals surface area (Å²) in [6, 6.07) is 7.23. The summed E-state index contributed by atoms with van der Waals surface area (Å²) in [5.41, 5.74) is 3.12. The van der Waals surface area contributed by atoms with Crippen LogP contribution in [0.3, 0.4) is 0 Å². The summed E-state index contributed by atoms with van der Waals surface area (Å²) in [6.07, 6.45) is 1.53. The van der Waals surface area contributed by atoms with Crippen LogP contribution < -0.4 is 4.74 Å². The third-order valence-electron chi connectivity index (χ3n) is 4.19. The van der Waals surface area contributed by atoms with Crippen LogP contribution in [0.15, 0.2) is 35.3 Å². The number of benzene rings is 2. The van der Waals surface area contributed by atoms with Crippen molar-refractivity contribution >= 4 is 56.2 Å². The fourth-order valence-electron chi connectivity index (χ4n) is 3.05. The minimum atomic E-state index is -2.96. The van der Waals surface area contributed by atoms with Crippen LogP contribution in [0.5, 0.6) is 5.75 Å². The molecular formula is C19H15BrCl2F2N2O. The van der Waals surface area contributed by atoms with Crippen molar-refractivity contribution < 1.29 is 13.5 Å². The highest BCUT2D eigenvalue weighted by molar-refractivity contribution is 9.10. The smallest absolute Gasteiger partial charge is 0.387 e. The van der Waals surface area contributed by atoms with E-state index in [1.165, 1.54) is 6.08 Å². The fourth-order valence-corrected chi connectivity index (χ4v) is 3.96. The highest BCUT2D eigenvalue weighted by Gasteiger charge is 2.21. The van der Waals surface area contributed by atoms with Gasteiger partial charge in [0.25, 0.3) is 0 Å². The highest BCUT2D eigenvalue weighted by atomic mass is 79.9. The molecule has 3 aromatic rings. The van der Waals surface area contributed by atoms with E-state index in [-0.39, 0.29) is 18.2 Å². The summed E-state index contributed by atoms with van der Waals surface area (Å²) < 4.78 is 33.6. The molecule has 0 atom stereocenters. The molecule has 0 aliphatic carbocycles. The molecule has 1 heterocycles. The molecule has 0 amide bonds. The largest absolute Gasteiger partial charge is 0.434 e. The Hall–Kier alpha value is -1.63. The van der Waals surface area contributed by atoms with E-state index in [2.05, 4.69) is 27.5 Å². The van der Waals surface area contributed by atoms with Crippen LogP contribution in [-0.4, -0.2) is 16.2 Å². The second-order valence-corrected chi connectivity index (χ2v) is 7.45. The number of halogens is 5. The predicted molar refractivity (Wildman–Crippen MR) is 109 cm³/mol. The molecule has 0 bridgehead atoms. The number of aryl methyl sites for hydroxylation is 1. The van der Waals surface area contributed by atoms with Crippen LogP contribution >= 0.6 is 39.1 Å². The van der Waals surface area contributed by atoms with Crippen molar-refractivity contribution in [2.45, 2.75) is 26.0 Å². The molecule has 0 aliphatic rings. The maximum atomic E-state index is 13.0. The maximum absolute atomic E-state index is 13.0. The molecule has 0 saturated heterocycles. The molecule has 0 N–H and O–H groups in total. The van der Waals surface area contributed by atoms with E-state index in [4.69, 9.17) is 27.9 Å². The minimum absolute atomic E-state index is 0.0849. The summed E-state index contributed by atoms with van der Waals surface area (Å²) in [5, 5.41) is 0.414. The van der Waals surface area contributed by atoms with Gasteiger partial charge in [0.2, 0.25) is 0 Å². The Balaban J connectivity index is 2.25. The van der Waals surface area contributed by atoms with Crippen molar-refractivity contribution in [2.24, 2.45) is 0 Å². The first kappa shape index (κ1) is 20.1. The Kier molecular flexibility index (Phi) is 6.08. The number of imidazole rings is 1. The van der Waals surface area contributed by atoms with E-state index in [9.17, 15) is 8.78 Å². The SMILES string of the molecule is C=Cc1c(Cl)cc(C)c(OC(F)F)c1Cn1c(CCl)nc2ccc(Br)cc21. The Labute approximate surface area is 173 Å². The van der Waals surface area contributed by atoms with Gasteiger partial charge in [-0.2, -0.15) is 8.78 Å². The summed E-state index contributed by atoms with van der Waals surface area (Å²) in [5.74, 6) is 0.863. The Morgan fingerprint density at radius 3 is 2.74 bits per heavy atom. The molecule has 0 aliphatic heterocycles. The van der Waals surface area contributed by atoms with Gasteiger partial charge in [-0.25, -0.2) is 4.98 Å². The zero-order valence-electron chi connectivity index (χ0n) is 14.3. The van der Waals surface area contributed by atoms with Gasteiger partial charge in [-0.05, 0) is 36.8 Å². The lowest BCUT2D eigenvalue weighted by atomic mass is 10.0. The summed E-state index contributed by atoms with van der Waals surface area (Å²) in [7, 11) is 0. The normalized spacial score (nSPS) is 11.4. The topological polar surface area (TPSA) is 27.1 Å². The zero-order chi connectivity index (χ0) is 19.7. The molecule has 27 heavy (non-hydrogen) atoms. The van der Waals surface area contributed by atoms with Gasteiger partial charge in [-0.3, -0.25) is 0 Å². The Bertz CT molecular complexity index is 1020. The molecule has 142 valence electrons. The number of hydrogen-bond donors (Lipinski definition) is 0. The second-order valence-electron chi connectivity index (χ2n) is 5.86. The van der Waals surface area contributed by atoms with Crippen molar-refractivity contribution in [3.05, 3.63) is 62.9 Å². The molecule has 0 spiro atoms. The molecule has 8 heteroatoms. The molecule has 0 fully saturated rings. The molecule has 0 unspecified atom stereocenters. The number of rotatable bonds is 6. The number of hydrogen-bond acceptors (Lipinski definition) is 2. The van der Waals surface area contributed by atoms with Gasteiger partial charge in [0.1, 0.15) is 11.6 Å². The number of fused-ring (bicyclic) bond motifs is 1. The number of ether oxygens (including phenoxy) is 1. The monoisotopic (exact) mass is 474 g/mol. The van der Waals surface area contributed by atoms with Crippen LogP contribution in [0, 0.1) is 6.92 Å².